The molecule has 0 saturated heterocycles. The summed E-state index contributed by atoms with van der Waals surface area (Å²) in [6.07, 6.45) is 6.51. The van der Waals surface area contributed by atoms with Crippen LogP contribution < -0.4 is 9.47 Å². The highest BCUT2D eigenvalue weighted by Crippen LogP contribution is 2.55. The van der Waals surface area contributed by atoms with Crippen LogP contribution in [0.3, 0.4) is 0 Å². The lowest BCUT2D eigenvalue weighted by molar-refractivity contribution is 0.359. The molecule has 6 aromatic rings. The van der Waals surface area contributed by atoms with Crippen LogP contribution in [0.1, 0.15) is 48.1 Å². The number of hydrogen-bond acceptors (Lipinski definition) is 5. The largest absolute Gasteiger partial charge is 0.449 e. The summed E-state index contributed by atoms with van der Waals surface area (Å²) in [4.78, 5) is 15.0. The van der Waals surface area contributed by atoms with Crippen molar-refractivity contribution in [1.82, 2.24) is 15.0 Å². The normalized spacial score (nSPS) is 14.7. The fourth-order valence-corrected chi connectivity index (χ4v) is 7.18. The molecule has 0 unspecified atom stereocenters. The Kier molecular flexibility index (Phi) is 5.82. The predicted molar refractivity (Wildman–Crippen MR) is 182 cm³/mol. The van der Waals surface area contributed by atoms with Crippen LogP contribution in [-0.2, 0) is 11.8 Å². The number of rotatable bonds is 3. The molecule has 5 aromatic carbocycles. The van der Waals surface area contributed by atoms with Gasteiger partial charge in [0.15, 0.2) is 40.5 Å². The van der Waals surface area contributed by atoms with Gasteiger partial charge in [-0.05, 0) is 89.0 Å². The summed E-state index contributed by atoms with van der Waals surface area (Å²) >= 11 is 0. The average molecular weight is 598 g/mol. The molecule has 46 heavy (non-hydrogen) atoms. The zero-order valence-corrected chi connectivity index (χ0v) is 26.0. The maximum absolute atomic E-state index is 6.57. The molecule has 0 fully saturated rings. The highest BCUT2D eigenvalue weighted by molar-refractivity contribution is 5.84. The topological polar surface area (TPSA) is 57.1 Å². The second kappa shape index (κ2) is 9.98. The van der Waals surface area contributed by atoms with Crippen LogP contribution in [0.15, 0.2) is 103 Å². The average Bonchev–Trinajstić information content (AvgIpc) is 3.32. The van der Waals surface area contributed by atoms with E-state index in [1.807, 2.05) is 48.5 Å². The number of aromatic nitrogens is 3. The minimum Gasteiger partial charge on any atom is -0.449 e. The van der Waals surface area contributed by atoms with Crippen LogP contribution in [0.4, 0.5) is 0 Å². The van der Waals surface area contributed by atoms with E-state index in [0.29, 0.717) is 34.7 Å². The van der Waals surface area contributed by atoms with E-state index in [4.69, 9.17) is 24.4 Å². The number of fused-ring (bicyclic) bond motifs is 6. The fraction of sp³-hybridized carbons (Fsp3) is 0.146. The molecule has 0 spiro atoms. The standard InChI is InChI=1S/C41H31N3O2/c1-24-17-19-30(28-14-8-7-13-27(24)28)40-43-38(25-11-5-4-6-12-25)42-39(44-40)26-18-20-34-35(21-26)46-37-23-33-31(22-36(37)45-34)29-15-9-10-16-32(29)41(33,2)3/h4-6,8-12,14-23H,7,13H2,1-3H3. The zero-order chi connectivity index (χ0) is 31.0. The minimum atomic E-state index is -0.133. The molecule has 3 aliphatic rings. The van der Waals surface area contributed by atoms with E-state index in [2.05, 4.69) is 81.5 Å². The third-order valence-electron chi connectivity index (χ3n) is 9.63. The lowest BCUT2D eigenvalue weighted by Crippen LogP contribution is -2.15. The van der Waals surface area contributed by atoms with E-state index in [1.165, 1.54) is 38.9 Å². The Morgan fingerprint density at radius 2 is 1.30 bits per heavy atom. The number of allylic oxidation sites excluding steroid dienone is 1. The highest BCUT2D eigenvalue weighted by Gasteiger charge is 2.37. The van der Waals surface area contributed by atoms with E-state index in [1.54, 1.807) is 0 Å². The summed E-state index contributed by atoms with van der Waals surface area (Å²) in [7, 11) is 0. The van der Waals surface area contributed by atoms with Crippen molar-refractivity contribution < 1.29 is 9.47 Å². The van der Waals surface area contributed by atoms with Gasteiger partial charge in [-0.3, -0.25) is 0 Å². The zero-order valence-electron chi connectivity index (χ0n) is 26.0. The molecule has 0 atom stereocenters. The van der Waals surface area contributed by atoms with Gasteiger partial charge >= 0.3 is 0 Å². The number of nitrogens with zero attached hydrogens (tertiary/aromatic N) is 3. The van der Waals surface area contributed by atoms with E-state index in [9.17, 15) is 0 Å². The first kappa shape index (κ1) is 26.8. The van der Waals surface area contributed by atoms with Gasteiger partial charge in [0, 0.05) is 22.1 Å². The first-order valence-corrected chi connectivity index (χ1v) is 15.8. The fourth-order valence-electron chi connectivity index (χ4n) is 7.18. The molecule has 222 valence electrons. The van der Waals surface area contributed by atoms with Gasteiger partial charge in [0.1, 0.15) is 0 Å². The van der Waals surface area contributed by atoms with Crippen molar-refractivity contribution in [2.24, 2.45) is 0 Å². The van der Waals surface area contributed by atoms with Gasteiger partial charge in [-0.25, -0.2) is 15.0 Å². The Balaban J connectivity index is 1.15. The maximum atomic E-state index is 6.57. The Morgan fingerprint density at radius 3 is 2.17 bits per heavy atom. The number of ether oxygens (including phenoxy) is 2. The molecule has 0 bridgehead atoms. The highest BCUT2D eigenvalue weighted by atomic mass is 16.6. The van der Waals surface area contributed by atoms with Crippen molar-refractivity contribution in [2.45, 2.75) is 39.0 Å². The molecule has 2 heterocycles. The Hall–Kier alpha value is -5.55. The predicted octanol–water partition coefficient (Wildman–Crippen LogP) is 10.3. The monoisotopic (exact) mass is 597 g/mol. The Labute approximate surface area is 268 Å². The van der Waals surface area contributed by atoms with E-state index in [-0.39, 0.29) is 5.41 Å². The molecule has 0 N–H and O–H groups in total. The van der Waals surface area contributed by atoms with Gasteiger partial charge in [0.05, 0.1) is 0 Å². The Morgan fingerprint density at radius 1 is 0.587 bits per heavy atom. The van der Waals surface area contributed by atoms with Crippen molar-refractivity contribution in [2.75, 3.05) is 0 Å². The SMILES string of the molecule is Cc1ccc(-c2nc(-c3ccccc3)nc(-c3ccc4c(c3)Oc3cc5c(cc3O4)-c3ccccc3C5(C)C)n2)c2c1CCC=C2. The van der Waals surface area contributed by atoms with Crippen LogP contribution in [0.2, 0.25) is 0 Å². The first-order valence-electron chi connectivity index (χ1n) is 15.8. The minimum absolute atomic E-state index is 0.133. The third-order valence-corrected chi connectivity index (χ3v) is 9.63. The van der Waals surface area contributed by atoms with Crippen molar-refractivity contribution in [3.63, 3.8) is 0 Å². The smallest absolute Gasteiger partial charge is 0.170 e. The van der Waals surface area contributed by atoms with Crippen molar-refractivity contribution in [3.05, 3.63) is 131 Å². The van der Waals surface area contributed by atoms with E-state index in [0.717, 1.165) is 35.3 Å². The first-order chi connectivity index (χ1) is 22.4. The molecule has 0 radical (unpaired) electrons. The van der Waals surface area contributed by atoms with E-state index >= 15 is 0 Å². The molecule has 1 aromatic heterocycles. The molecule has 5 nitrogen and oxygen atoms in total. The summed E-state index contributed by atoms with van der Waals surface area (Å²) in [5.74, 6) is 4.60. The quantitative estimate of drug-likeness (QED) is 0.203. The molecular formula is C41H31N3O2. The summed E-state index contributed by atoms with van der Waals surface area (Å²) in [5, 5.41) is 0. The number of hydrogen-bond donors (Lipinski definition) is 0. The lowest BCUT2D eigenvalue weighted by Gasteiger charge is -2.25. The van der Waals surface area contributed by atoms with E-state index < -0.39 is 0 Å². The van der Waals surface area contributed by atoms with Crippen molar-refractivity contribution in [1.29, 1.82) is 0 Å². The van der Waals surface area contributed by atoms with Gasteiger partial charge < -0.3 is 9.47 Å². The molecule has 0 amide bonds. The van der Waals surface area contributed by atoms with Crippen LogP contribution in [0, 0.1) is 6.92 Å². The second-order valence-corrected chi connectivity index (χ2v) is 12.8. The van der Waals surface area contributed by atoms with Gasteiger partial charge in [-0.1, -0.05) is 92.7 Å². The second-order valence-electron chi connectivity index (χ2n) is 12.8. The number of benzene rings is 5. The maximum Gasteiger partial charge on any atom is 0.170 e. The molecular weight excluding hydrogens is 566 g/mol. The van der Waals surface area contributed by atoms with Gasteiger partial charge in [-0.15, -0.1) is 0 Å². The summed E-state index contributed by atoms with van der Waals surface area (Å²) in [5.41, 5.74) is 11.5. The van der Waals surface area contributed by atoms with Crippen LogP contribution in [0.5, 0.6) is 23.0 Å². The van der Waals surface area contributed by atoms with Crippen molar-refractivity contribution >= 4 is 6.08 Å². The molecule has 0 saturated carbocycles. The van der Waals surface area contributed by atoms with Crippen LogP contribution in [0.25, 0.3) is 51.4 Å². The molecule has 2 aliphatic carbocycles. The van der Waals surface area contributed by atoms with Crippen LogP contribution >= 0.6 is 0 Å². The summed E-state index contributed by atoms with van der Waals surface area (Å²) < 4.78 is 13.0. The molecule has 9 rings (SSSR count). The summed E-state index contributed by atoms with van der Waals surface area (Å²) in [6.45, 7) is 6.71. The van der Waals surface area contributed by atoms with Gasteiger partial charge in [0.25, 0.3) is 0 Å². The van der Waals surface area contributed by atoms with Gasteiger partial charge in [-0.2, -0.15) is 0 Å². The Bertz CT molecular complexity index is 2250. The summed E-state index contributed by atoms with van der Waals surface area (Å²) in [6, 6.07) is 33.2. The van der Waals surface area contributed by atoms with Gasteiger partial charge in [0.2, 0.25) is 0 Å². The molecule has 5 heteroatoms. The third kappa shape index (κ3) is 4.12. The lowest BCUT2D eigenvalue weighted by atomic mass is 9.82. The number of aryl methyl sites for hydroxylation is 1. The van der Waals surface area contributed by atoms with Crippen LogP contribution in [-0.4, -0.2) is 15.0 Å². The van der Waals surface area contributed by atoms with Crippen molar-refractivity contribution in [3.8, 4) is 68.3 Å². The molecule has 1 aliphatic heterocycles.